The van der Waals surface area contributed by atoms with E-state index in [9.17, 15) is 4.79 Å². The summed E-state index contributed by atoms with van der Waals surface area (Å²) in [5, 5.41) is 11.5. The predicted molar refractivity (Wildman–Crippen MR) is 59.3 cm³/mol. The van der Waals surface area contributed by atoms with Gasteiger partial charge in [0, 0.05) is 19.7 Å². The minimum Gasteiger partial charge on any atom is -0.396 e. The van der Waals surface area contributed by atoms with Crippen LogP contribution in [0, 0.1) is 5.41 Å². The van der Waals surface area contributed by atoms with Crippen molar-refractivity contribution in [2.24, 2.45) is 11.1 Å². The maximum absolute atomic E-state index is 11.9. The van der Waals surface area contributed by atoms with Gasteiger partial charge in [-0.05, 0) is 25.7 Å². The number of hydrogen-bond acceptors (Lipinski definition) is 3. The standard InChI is InChI=1S/C11H22N2O2/c12-9-11(5-1-2-6-11)10(15)13-7-3-4-8-14/h14H,1-9,12H2,(H,13,15). The minimum atomic E-state index is -0.292. The lowest BCUT2D eigenvalue weighted by Crippen LogP contribution is -2.44. The zero-order valence-electron chi connectivity index (χ0n) is 9.30. The van der Waals surface area contributed by atoms with Crippen LogP contribution >= 0.6 is 0 Å². The minimum absolute atomic E-state index is 0.112. The van der Waals surface area contributed by atoms with E-state index in [1.165, 1.54) is 0 Å². The van der Waals surface area contributed by atoms with Gasteiger partial charge >= 0.3 is 0 Å². The summed E-state index contributed by atoms with van der Waals surface area (Å²) in [6.07, 6.45) is 5.66. The van der Waals surface area contributed by atoms with Crippen LogP contribution in [-0.4, -0.2) is 30.7 Å². The monoisotopic (exact) mass is 214 g/mol. The van der Waals surface area contributed by atoms with Crippen LogP contribution in [0.25, 0.3) is 0 Å². The Hall–Kier alpha value is -0.610. The summed E-state index contributed by atoms with van der Waals surface area (Å²) in [4.78, 5) is 11.9. The van der Waals surface area contributed by atoms with Crippen LogP contribution in [0.1, 0.15) is 38.5 Å². The molecule has 0 unspecified atom stereocenters. The number of nitrogens with two attached hydrogens (primary N) is 1. The van der Waals surface area contributed by atoms with E-state index in [-0.39, 0.29) is 17.9 Å². The van der Waals surface area contributed by atoms with Crippen LogP contribution in [0.15, 0.2) is 0 Å². The van der Waals surface area contributed by atoms with Gasteiger partial charge in [-0.25, -0.2) is 0 Å². The number of carbonyl (C=O) groups is 1. The van der Waals surface area contributed by atoms with Gasteiger partial charge in [-0.2, -0.15) is 0 Å². The molecule has 4 nitrogen and oxygen atoms in total. The quantitative estimate of drug-likeness (QED) is 0.560. The molecule has 0 bridgehead atoms. The number of hydrogen-bond donors (Lipinski definition) is 3. The Kier molecular flexibility index (Phi) is 5.05. The molecule has 0 aromatic heterocycles. The maximum Gasteiger partial charge on any atom is 0.227 e. The van der Waals surface area contributed by atoms with Crippen molar-refractivity contribution in [3.05, 3.63) is 0 Å². The predicted octanol–water partition coefficient (Wildman–Crippen LogP) is 0.394. The molecular weight excluding hydrogens is 192 g/mol. The van der Waals surface area contributed by atoms with E-state index in [1.807, 2.05) is 0 Å². The first-order valence-electron chi connectivity index (χ1n) is 5.84. The second-order valence-corrected chi connectivity index (χ2v) is 4.38. The smallest absolute Gasteiger partial charge is 0.227 e. The Morgan fingerprint density at radius 2 is 2.00 bits per heavy atom. The van der Waals surface area contributed by atoms with E-state index >= 15 is 0 Å². The normalized spacial score (nSPS) is 19.1. The Morgan fingerprint density at radius 3 is 2.53 bits per heavy atom. The summed E-state index contributed by atoms with van der Waals surface area (Å²) in [7, 11) is 0. The Balaban J connectivity index is 2.31. The maximum atomic E-state index is 11.9. The number of nitrogens with one attached hydrogen (secondary N) is 1. The van der Waals surface area contributed by atoms with Gasteiger partial charge in [0.05, 0.1) is 5.41 Å². The third-order valence-electron chi connectivity index (χ3n) is 3.30. The Morgan fingerprint density at radius 1 is 1.33 bits per heavy atom. The van der Waals surface area contributed by atoms with Gasteiger partial charge in [-0.1, -0.05) is 12.8 Å². The molecule has 1 rings (SSSR count). The highest BCUT2D eigenvalue weighted by Crippen LogP contribution is 2.37. The summed E-state index contributed by atoms with van der Waals surface area (Å²) in [6.45, 7) is 1.30. The van der Waals surface area contributed by atoms with Gasteiger partial charge in [0.15, 0.2) is 0 Å². The van der Waals surface area contributed by atoms with E-state index in [0.29, 0.717) is 13.1 Å². The molecule has 4 N–H and O–H groups in total. The molecule has 0 radical (unpaired) electrons. The van der Waals surface area contributed by atoms with Crippen molar-refractivity contribution in [1.82, 2.24) is 5.32 Å². The molecule has 1 saturated carbocycles. The molecule has 88 valence electrons. The number of amides is 1. The lowest BCUT2D eigenvalue weighted by Gasteiger charge is -2.25. The second kappa shape index (κ2) is 6.08. The largest absolute Gasteiger partial charge is 0.396 e. The summed E-state index contributed by atoms with van der Waals surface area (Å²) < 4.78 is 0. The second-order valence-electron chi connectivity index (χ2n) is 4.38. The average molecular weight is 214 g/mol. The van der Waals surface area contributed by atoms with Gasteiger partial charge in [-0.3, -0.25) is 4.79 Å². The van der Waals surface area contributed by atoms with Gasteiger partial charge < -0.3 is 16.2 Å². The molecule has 0 heterocycles. The summed E-state index contributed by atoms with van der Waals surface area (Å²) in [6, 6.07) is 0. The number of rotatable bonds is 6. The van der Waals surface area contributed by atoms with Crippen molar-refractivity contribution in [3.63, 3.8) is 0 Å². The first kappa shape index (κ1) is 12.5. The number of aliphatic hydroxyl groups is 1. The van der Waals surface area contributed by atoms with E-state index in [1.54, 1.807) is 0 Å². The van der Waals surface area contributed by atoms with Crippen molar-refractivity contribution in [2.75, 3.05) is 19.7 Å². The third-order valence-corrected chi connectivity index (χ3v) is 3.30. The molecule has 1 fully saturated rings. The van der Waals surface area contributed by atoms with Crippen molar-refractivity contribution in [3.8, 4) is 0 Å². The highest BCUT2D eigenvalue weighted by Gasteiger charge is 2.39. The van der Waals surface area contributed by atoms with Crippen molar-refractivity contribution < 1.29 is 9.90 Å². The SMILES string of the molecule is NCC1(C(=O)NCCCCO)CCCC1. The number of unbranched alkanes of at least 4 members (excludes halogenated alkanes) is 1. The zero-order chi connectivity index (χ0) is 11.1. The van der Waals surface area contributed by atoms with E-state index in [0.717, 1.165) is 38.5 Å². The highest BCUT2D eigenvalue weighted by atomic mass is 16.2. The summed E-state index contributed by atoms with van der Waals surface area (Å²) in [5.74, 6) is 0.112. The molecule has 0 spiro atoms. The molecule has 4 heteroatoms. The Labute approximate surface area is 91.2 Å². The number of aliphatic hydroxyl groups excluding tert-OH is 1. The molecule has 0 atom stereocenters. The Bertz CT molecular complexity index is 201. The molecule has 0 aliphatic heterocycles. The van der Waals surface area contributed by atoms with E-state index < -0.39 is 0 Å². The average Bonchev–Trinajstić information content (AvgIpc) is 2.74. The lowest BCUT2D eigenvalue weighted by molar-refractivity contribution is -0.130. The summed E-state index contributed by atoms with van der Waals surface area (Å²) >= 11 is 0. The summed E-state index contributed by atoms with van der Waals surface area (Å²) in [5.41, 5.74) is 5.41. The molecule has 0 saturated heterocycles. The topological polar surface area (TPSA) is 75.4 Å². The van der Waals surface area contributed by atoms with E-state index in [2.05, 4.69) is 5.32 Å². The first-order chi connectivity index (χ1) is 7.25. The molecular formula is C11H22N2O2. The van der Waals surface area contributed by atoms with Gasteiger partial charge in [0.1, 0.15) is 0 Å². The fraction of sp³-hybridized carbons (Fsp3) is 0.909. The molecule has 0 aromatic rings. The lowest BCUT2D eigenvalue weighted by atomic mass is 9.85. The molecule has 0 aromatic carbocycles. The fourth-order valence-electron chi connectivity index (χ4n) is 2.20. The molecule has 1 amide bonds. The van der Waals surface area contributed by atoms with Crippen molar-refractivity contribution >= 4 is 5.91 Å². The third kappa shape index (κ3) is 3.18. The van der Waals surface area contributed by atoms with Crippen LogP contribution < -0.4 is 11.1 Å². The zero-order valence-corrected chi connectivity index (χ0v) is 9.30. The van der Waals surface area contributed by atoms with E-state index in [4.69, 9.17) is 10.8 Å². The number of carbonyl (C=O) groups excluding carboxylic acids is 1. The molecule has 15 heavy (non-hydrogen) atoms. The van der Waals surface area contributed by atoms with Gasteiger partial charge in [-0.15, -0.1) is 0 Å². The van der Waals surface area contributed by atoms with Crippen LogP contribution in [0.2, 0.25) is 0 Å². The van der Waals surface area contributed by atoms with Crippen LogP contribution in [0.3, 0.4) is 0 Å². The van der Waals surface area contributed by atoms with Crippen molar-refractivity contribution in [1.29, 1.82) is 0 Å². The molecule has 1 aliphatic carbocycles. The van der Waals surface area contributed by atoms with Crippen LogP contribution in [0.5, 0.6) is 0 Å². The van der Waals surface area contributed by atoms with Gasteiger partial charge in [0.2, 0.25) is 5.91 Å². The molecule has 1 aliphatic rings. The van der Waals surface area contributed by atoms with Crippen molar-refractivity contribution in [2.45, 2.75) is 38.5 Å². The van der Waals surface area contributed by atoms with Gasteiger partial charge in [0.25, 0.3) is 0 Å². The fourth-order valence-corrected chi connectivity index (χ4v) is 2.20. The van der Waals surface area contributed by atoms with Crippen LogP contribution in [0.4, 0.5) is 0 Å². The highest BCUT2D eigenvalue weighted by molar-refractivity contribution is 5.83. The first-order valence-corrected chi connectivity index (χ1v) is 5.84. The van der Waals surface area contributed by atoms with Crippen LogP contribution in [-0.2, 0) is 4.79 Å².